The second-order valence-corrected chi connectivity index (χ2v) is 6.31. The van der Waals surface area contributed by atoms with Crippen LogP contribution in [0, 0.1) is 5.41 Å². The van der Waals surface area contributed by atoms with Crippen LogP contribution in [0.25, 0.3) is 0 Å². The minimum Gasteiger partial charge on any atom is -0.370 e. The second-order valence-electron chi connectivity index (χ2n) is 6.31. The van der Waals surface area contributed by atoms with Crippen LogP contribution in [0.15, 0.2) is 0 Å². The lowest BCUT2D eigenvalue weighted by atomic mass is 9.71. The molecule has 108 valence electrons. The van der Waals surface area contributed by atoms with Crippen molar-refractivity contribution >= 4 is 0 Å². The molecule has 0 N–H and O–H groups in total. The second kappa shape index (κ2) is 8.19. The van der Waals surface area contributed by atoms with Crippen molar-refractivity contribution in [2.24, 2.45) is 5.41 Å². The van der Waals surface area contributed by atoms with Gasteiger partial charge >= 0.3 is 0 Å². The molecule has 1 nitrogen and oxygen atoms in total. The first kappa shape index (κ1) is 16.0. The van der Waals surface area contributed by atoms with Crippen LogP contribution in [0.4, 0.5) is 0 Å². The highest BCUT2D eigenvalue weighted by Gasteiger charge is 2.43. The van der Waals surface area contributed by atoms with E-state index in [1.54, 1.807) is 0 Å². The smallest absolute Gasteiger partial charge is 0.0847 e. The van der Waals surface area contributed by atoms with Crippen molar-refractivity contribution in [1.82, 2.24) is 0 Å². The summed E-state index contributed by atoms with van der Waals surface area (Å²) in [7, 11) is 0. The van der Waals surface area contributed by atoms with E-state index >= 15 is 0 Å². The molecule has 18 heavy (non-hydrogen) atoms. The molecule has 2 atom stereocenters. The van der Waals surface area contributed by atoms with E-state index < -0.39 is 0 Å². The maximum atomic E-state index is 5.89. The van der Waals surface area contributed by atoms with Gasteiger partial charge in [0, 0.05) is 0 Å². The molecule has 0 bridgehead atoms. The monoisotopic (exact) mass is 254 g/mol. The van der Waals surface area contributed by atoms with Gasteiger partial charge in [0.25, 0.3) is 0 Å². The summed E-state index contributed by atoms with van der Waals surface area (Å²) in [5.41, 5.74) is 0.590. The minimum atomic E-state index is 0.590. The van der Waals surface area contributed by atoms with Gasteiger partial charge in [-0.25, -0.2) is 0 Å². The maximum Gasteiger partial charge on any atom is 0.0847 e. The van der Waals surface area contributed by atoms with Gasteiger partial charge in [-0.15, -0.1) is 0 Å². The number of epoxide rings is 1. The van der Waals surface area contributed by atoms with Gasteiger partial charge < -0.3 is 4.74 Å². The fourth-order valence-corrected chi connectivity index (χ4v) is 3.62. The van der Waals surface area contributed by atoms with Crippen molar-refractivity contribution in [1.29, 1.82) is 0 Å². The summed E-state index contributed by atoms with van der Waals surface area (Å²) in [6.07, 6.45) is 14.7. The zero-order chi connectivity index (χ0) is 13.4. The Bertz CT molecular complexity index is 206. The molecule has 0 aromatic heterocycles. The van der Waals surface area contributed by atoms with E-state index in [0.717, 1.165) is 0 Å². The summed E-state index contributed by atoms with van der Waals surface area (Å²) in [4.78, 5) is 0. The van der Waals surface area contributed by atoms with Gasteiger partial charge in [0.05, 0.1) is 12.2 Å². The molecule has 0 saturated carbocycles. The molecule has 1 fully saturated rings. The van der Waals surface area contributed by atoms with E-state index in [9.17, 15) is 0 Å². The largest absolute Gasteiger partial charge is 0.370 e. The van der Waals surface area contributed by atoms with Crippen LogP contribution < -0.4 is 0 Å². The first-order valence-electron chi connectivity index (χ1n) is 8.36. The summed E-state index contributed by atoms with van der Waals surface area (Å²) in [5, 5.41) is 0. The number of hydrogen-bond donors (Lipinski definition) is 0. The van der Waals surface area contributed by atoms with Crippen LogP contribution in [0.5, 0.6) is 0 Å². The highest BCUT2D eigenvalue weighted by atomic mass is 16.6. The summed E-state index contributed by atoms with van der Waals surface area (Å²) >= 11 is 0. The fraction of sp³-hybridized carbons (Fsp3) is 1.00. The molecule has 0 amide bonds. The predicted molar refractivity (Wildman–Crippen MR) is 80.0 cm³/mol. The van der Waals surface area contributed by atoms with Gasteiger partial charge in [-0.05, 0) is 37.5 Å². The Balaban J connectivity index is 2.51. The Morgan fingerprint density at radius 3 is 1.94 bits per heavy atom. The van der Waals surface area contributed by atoms with Crippen molar-refractivity contribution in [3.05, 3.63) is 0 Å². The third kappa shape index (κ3) is 4.91. The first-order chi connectivity index (χ1) is 8.71. The third-order valence-corrected chi connectivity index (χ3v) is 4.52. The molecule has 0 aliphatic carbocycles. The highest BCUT2D eigenvalue weighted by molar-refractivity contribution is 4.92. The Labute approximate surface area is 115 Å². The SMILES string of the molecule is CCCCC(CCC)(CCC)CC1OC1CCC. The molecule has 1 aliphatic rings. The normalized spacial score (nSPS) is 23.3. The molecule has 1 heterocycles. The average Bonchev–Trinajstić information content (AvgIpc) is 3.06. The molecular formula is C17H34O. The van der Waals surface area contributed by atoms with Crippen LogP contribution in [-0.4, -0.2) is 12.2 Å². The van der Waals surface area contributed by atoms with Crippen LogP contribution in [0.2, 0.25) is 0 Å². The van der Waals surface area contributed by atoms with Crippen molar-refractivity contribution in [3.8, 4) is 0 Å². The van der Waals surface area contributed by atoms with Crippen LogP contribution >= 0.6 is 0 Å². The maximum absolute atomic E-state index is 5.89. The van der Waals surface area contributed by atoms with Gasteiger partial charge in [0.15, 0.2) is 0 Å². The molecule has 1 heteroatoms. The fourth-order valence-electron chi connectivity index (χ4n) is 3.62. The Morgan fingerprint density at radius 1 is 0.778 bits per heavy atom. The zero-order valence-corrected chi connectivity index (χ0v) is 13.1. The summed E-state index contributed by atoms with van der Waals surface area (Å²) in [6, 6.07) is 0. The van der Waals surface area contributed by atoms with Crippen LogP contribution in [0.3, 0.4) is 0 Å². The molecule has 0 aromatic rings. The van der Waals surface area contributed by atoms with E-state index in [-0.39, 0.29) is 0 Å². The van der Waals surface area contributed by atoms with Crippen molar-refractivity contribution < 1.29 is 4.74 Å². The third-order valence-electron chi connectivity index (χ3n) is 4.52. The zero-order valence-electron chi connectivity index (χ0n) is 13.1. The standard InChI is InChI=1S/C17H34O/c1-5-9-13-17(11-7-3,12-8-4)14-16-15(18-16)10-6-2/h15-16H,5-14H2,1-4H3. The minimum absolute atomic E-state index is 0.590. The molecule has 0 spiro atoms. The lowest BCUT2D eigenvalue weighted by Gasteiger charge is -2.33. The number of hydrogen-bond acceptors (Lipinski definition) is 1. The first-order valence-corrected chi connectivity index (χ1v) is 8.36. The van der Waals surface area contributed by atoms with E-state index in [1.807, 2.05) is 0 Å². The molecule has 1 rings (SSSR count). The topological polar surface area (TPSA) is 12.5 Å². The van der Waals surface area contributed by atoms with Crippen molar-refractivity contribution in [2.45, 2.75) is 104 Å². The quantitative estimate of drug-likeness (QED) is 0.429. The number of rotatable bonds is 11. The highest BCUT2D eigenvalue weighted by Crippen LogP contribution is 2.45. The molecular weight excluding hydrogens is 220 g/mol. The lowest BCUT2D eigenvalue weighted by Crippen LogP contribution is -2.23. The van der Waals surface area contributed by atoms with Crippen molar-refractivity contribution in [2.75, 3.05) is 0 Å². The van der Waals surface area contributed by atoms with Gasteiger partial charge in [0.2, 0.25) is 0 Å². The predicted octanol–water partition coefficient (Wildman–Crippen LogP) is 5.72. The summed E-state index contributed by atoms with van der Waals surface area (Å²) < 4.78 is 5.89. The van der Waals surface area contributed by atoms with Gasteiger partial charge in [-0.1, -0.05) is 59.8 Å². The van der Waals surface area contributed by atoms with E-state index in [1.165, 1.54) is 64.2 Å². The molecule has 1 saturated heterocycles. The van der Waals surface area contributed by atoms with E-state index in [2.05, 4.69) is 27.7 Å². The van der Waals surface area contributed by atoms with Crippen molar-refractivity contribution in [3.63, 3.8) is 0 Å². The van der Waals surface area contributed by atoms with Crippen LogP contribution in [0.1, 0.15) is 91.9 Å². The Hall–Kier alpha value is -0.0400. The molecule has 0 aromatic carbocycles. The average molecular weight is 254 g/mol. The van der Waals surface area contributed by atoms with E-state index in [0.29, 0.717) is 17.6 Å². The van der Waals surface area contributed by atoms with Crippen LogP contribution in [-0.2, 0) is 4.74 Å². The summed E-state index contributed by atoms with van der Waals surface area (Å²) in [5.74, 6) is 0. The number of unbranched alkanes of at least 4 members (excludes halogenated alkanes) is 1. The number of ether oxygens (including phenoxy) is 1. The molecule has 1 aliphatic heterocycles. The van der Waals surface area contributed by atoms with E-state index in [4.69, 9.17) is 4.74 Å². The molecule has 0 radical (unpaired) electrons. The van der Waals surface area contributed by atoms with Gasteiger partial charge in [-0.3, -0.25) is 0 Å². The molecule has 2 unspecified atom stereocenters. The Morgan fingerprint density at radius 2 is 1.44 bits per heavy atom. The van der Waals surface area contributed by atoms with Gasteiger partial charge in [0.1, 0.15) is 0 Å². The lowest BCUT2D eigenvalue weighted by molar-refractivity contribution is 0.167. The van der Waals surface area contributed by atoms with Gasteiger partial charge in [-0.2, -0.15) is 0 Å². The summed E-state index contributed by atoms with van der Waals surface area (Å²) in [6.45, 7) is 9.26. The Kier molecular flexibility index (Phi) is 7.29.